The van der Waals surface area contributed by atoms with Gasteiger partial charge in [0.1, 0.15) is 18.2 Å². The molecule has 0 spiro atoms. The molecule has 14 heteroatoms. The SMILES string of the molecule is Cn1cc(O)n(-c2cc(C(=O)NC(C)(C)COc3cccc4c3C(N)=NS(=O)(=O)N4)ccn2)c1=O. The Kier molecular flexibility index (Phi) is 5.76. The second-order valence-corrected chi connectivity index (χ2v) is 9.81. The van der Waals surface area contributed by atoms with E-state index in [1.807, 2.05) is 0 Å². The smallest absolute Gasteiger partial charge is 0.344 e. The molecule has 3 heterocycles. The highest BCUT2D eigenvalue weighted by molar-refractivity contribution is 7.91. The van der Waals surface area contributed by atoms with E-state index >= 15 is 0 Å². The molecule has 0 saturated heterocycles. The topological polar surface area (TPSA) is 183 Å². The van der Waals surface area contributed by atoms with Gasteiger partial charge < -0.3 is 20.9 Å². The van der Waals surface area contributed by atoms with E-state index in [1.54, 1.807) is 26.0 Å². The molecular formula is C21H23N7O6S. The van der Waals surface area contributed by atoms with Crippen LogP contribution in [0.25, 0.3) is 5.82 Å². The molecule has 5 N–H and O–H groups in total. The number of amides is 1. The van der Waals surface area contributed by atoms with Crippen LogP contribution in [-0.2, 0) is 17.3 Å². The third-order valence-electron chi connectivity index (χ3n) is 5.05. The maximum Gasteiger partial charge on any atom is 0.344 e. The molecule has 1 amide bonds. The number of pyridine rings is 1. The van der Waals surface area contributed by atoms with Gasteiger partial charge in [0.15, 0.2) is 5.84 Å². The molecule has 0 fully saturated rings. The summed E-state index contributed by atoms with van der Waals surface area (Å²) in [6.07, 6.45) is 2.59. The predicted octanol–water partition coefficient (Wildman–Crippen LogP) is 0.240. The van der Waals surface area contributed by atoms with Crippen LogP contribution in [0.2, 0.25) is 0 Å². The summed E-state index contributed by atoms with van der Waals surface area (Å²) < 4.78 is 37.3. The first-order chi connectivity index (χ1) is 16.4. The molecule has 1 aliphatic rings. The number of amidine groups is 1. The Balaban J connectivity index is 1.51. The van der Waals surface area contributed by atoms with Crippen molar-refractivity contribution < 1.29 is 23.1 Å². The van der Waals surface area contributed by atoms with Crippen molar-refractivity contribution in [3.8, 4) is 17.4 Å². The minimum Gasteiger partial charge on any atom is -0.493 e. The molecule has 0 bridgehead atoms. The van der Waals surface area contributed by atoms with Gasteiger partial charge in [-0.3, -0.25) is 14.1 Å². The summed E-state index contributed by atoms with van der Waals surface area (Å²) in [6, 6.07) is 7.59. The number of rotatable bonds is 6. The average Bonchev–Trinajstić information content (AvgIpc) is 3.02. The highest BCUT2D eigenvalue weighted by atomic mass is 32.2. The number of nitrogens with one attached hydrogen (secondary N) is 2. The number of nitrogens with zero attached hydrogens (tertiary/aromatic N) is 4. The maximum absolute atomic E-state index is 12.9. The van der Waals surface area contributed by atoms with Crippen LogP contribution in [0.5, 0.6) is 11.6 Å². The Bertz CT molecular complexity index is 1520. The lowest BCUT2D eigenvalue weighted by molar-refractivity contribution is 0.0880. The molecule has 35 heavy (non-hydrogen) atoms. The van der Waals surface area contributed by atoms with Crippen molar-refractivity contribution >= 4 is 27.6 Å². The van der Waals surface area contributed by atoms with Crippen molar-refractivity contribution in [2.75, 3.05) is 11.3 Å². The van der Waals surface area contributed by atoms with Crippen molar-refractivity contribution in [2.24, 2.45) is 17.2 Å². The molecule has 0 radical (unpaired) electrons. The summed E-state index contributed by atoms with van der Waals surface area (Å²) in [4.78, 5) is 29.2. The number of ether oxygens (including phenoxy) is 1. The van der Waals surface area contributed by atoms with Crippen LogP contribution < -0.4 is 26.2 Å². The van der Waals surface area contributed by atoms with E-state index < -0.39 is 27.3 Å². The first-order valence-corrected chi connectivity index (χ1v) is 11.7. The summed E-state index contributed by atoms with van der Waals surface area (Å²) >= 11 is 0. The van der Waals surface area contributed by atoms with E-state index in [-0.39, 0.29) is 35.4 Å². The third-order valence-corrected chi connectivity index (χ3v) is 5.96. The number of aromatic hydroxyl groups is 1. The van der Waals surface area contributed by atoms with Gasteiger partial charge in [0.05, 0.1) is 23.0 Å². The number of aryl methyl sites for hydroxylation is 1. The normalized spacial score (nSPS) is 14.4. The fourth-order valence-corrected chi connectivity index (χ4v) is 4.29. The first-order valence-electron chi connectivity index (χ1n) is 10.3. The summed E-state index contributed by atoms with van der Waals surface area (Å²) in [7, 11) is -2.44. The first kappa shape index (κ1) is 23.8. The van der Waals surface area contributed by atoms with E-state index in [0.717, 1.165) is 4.57 Å². The molecule has 0 unspecified atom stereocenters. The summed E-state index contributed by atoms with van der Waals surface area (Å²) in [5, 5.41) is 12.9. The maximum atomic E-state index is 12.9. The molecule has 0 saturated carbocycles. The van der Waals surface area contributed by atoms with Crippen LogP contribution in [0, 0.1) is 0 Å². The number of aromatic nitrogens is 3. The van der Waals surface area contributed by atoms with Gasteiger partial charge in [0.2, 0.25) is 5.88 Å². The highest BCUT2D eigenvalue weighted by Gasteiger charge is 2.27. The summed E-state index contributed by atoms with van der Waals surface area (Å²) in [5.41, 5.74) is 5.19. The van der Waals surface area contributed by atoms with Crippen LogP contribution >= 0.6 is 0 Å². The Morgan fingerprint density at radius 2 is 2.06 bits per heavy atom. The van der Waals surface area contributed by atoms with E-state index in [9.17, 15) is 23.1 Å². The second-order valence-electron chi connectivity index (χ2n) is 8.48. The van der Waals surface area contributed by atoms with Gasteiger partial charge in [0, 0.05) is 18.8 Å². The highest BCUT2D eigenvalue weighted by Crippen LogP contribution is 2.31. The molecule has 1 aliphatic heterocycles. The Morgan fingerprint density at radius 3 is 2.74 bits per heavy atom. The summed E-state index contributed by atoms with van der Waals surface area (Å²) in [6.45, 7) is 3.47. The van der Waals surface area contributed by atoms with Crippen molar-refractivity contribution in [1.29, 1.82) is 0 Å². The van der Waals surface area contributed by atoms with Gasteiger partial charge in [-0.1, -0.05) is 6.07 Å². The number of benzene rings is 1. The third kappa shape index (κ3) is 4.82. The minimum absolute atomic E-state index is 0.00605. The number of hydrogen-bond donors (Lipinski definition) is 4. The number of fused-ring (bicyclic) bond motifs is 1. The van der Waals surface area contributed by atoms with Crippen molar-refractivity contribution in [3.63, 3.8) is 0 Å². The summed E-state index contributed by atoms with van der Waals surface area (Å²) in [5.74, 6) is -0.608. The molecule has 0 atom stereocenters. The van der Waals surface area contributed by atoms with Gasteiger partial charge in [-0.25, -0.2) is 14.3 Å². The quantitative estimate of drug-likeness (QED) is 0.370. The lowest BCUT2D eigenvalue weighted by atomic mass is 10.1. The minimum atomic E-state index is -3.92. The standard InChI is InChI=1S/C21H23N7O6S/c1-21(2,11-34-14-6-4-5-13-17(14)18(22)26-35(32,33)25-13)24-19(30)12-7-8-23-15(9-12)28-16(29)10-27(3)20(28)31/h4-10,25,29H,11H2,1-3H3,(H2,22,26)(H,24,30). The van der Waals surface area contributed by atoms with Crippen LogP contribution in [-0.4, -0.2) is 51.5 Å². The molecule has 1 aromatic carbocycles. The molecule has 184 valence electrons. The molecule has 2 aromatic heterocycles. The van der Waals surface area contributed by atoms with E-state index in [4.69, 9.17) is 10.5 Å². The van der Waals surface area contributed by atoms with Crippen molar-refractivity contribution in [1.82, 2.24) is 19.4 Å². The van der Waals surface area contributed by atoms with E-state index in [1.165, 1.54) is 42.2 Å². The fourth-order valence-electron chi connectivity index (χ4n) is 3.45. The zero-order valence-electron chi connectivity index (χ0n) is 19.0. The lowest BCUT2D eigenvalue weighted by Gasteiger charge is -2.27. The van der Waals surface area contributed by atoms with E-state index in [2.05, 4.69) is 19.4 Å². The Morgan fingerprint density at radius 1 is 1.31 bits per heavy atom. The largest absolute Gasteiger partial charge is 0.493 e. The van der Waals surface area contributed by atoms with Gasteiger partial charge in [-0.05, 0) is 38.1 Å². The van der Waals surface area contributed by atoms with Gasteiger partial charge >= 0.3 is 15.9 Å². The molecule has 3 aromatic rings. The van der Waals surface area contributed by atoms with Crippen molar-refractivity contribution in [2.45, 2.75) is 19.4 Å². The Labute approximate surface area is 200 Å². The van der Waals surface area contributed by atoms with Crippen LogP contribution in [0.15, 0.2) is 51.9 Å². The lowest BCUT2D eigenvalue weighted by Crippen LogP contribution is -2.48. The average molecular weight is 502 g/mol. The second kappa shape index (κ2) is 8.47. The monoisotopic (exact) mass is 501 g/mol. The zero-order valence-corrected chi connectivity index (χ0v) is 19.8. The van der Waals surface area contributed by atoms with E-state index in [0.29, 0.717) is 11.3 Å². The molecule has 13 nitrogen and oxygen atoms in total. The molecule has 0 aliphatic carbocycles. The number of nitrogens with two attached hydrogens (primary N) is 1. The molecule has 4 rings (SSSR count). The number of carbonyl (C=O) groups excluding carboxylic acids is 1. The fraction of sp³-hybridized carbons (Fsp3) is 0.238. The number of imidazole rings is 1. The van der Waals surface area contributed by atoms with Gasteiger partial charge in [-0.15, -0.1) is 4.40 Å². The van der Waals surface area contributed by atoms with Gasteiger partial charge in [-0.2, -0.15) is 8.42 Å². The Hall–Kier alpha value is -4.33. The zero-order chi connectivity index (χ0) is 25.5. The predicted molar refractivity (Wildman–Crippen MR) is 127 cm³/mol. The van der Waals surface area contributed by atoms with Gasteiger partial charge in [0.25, 0.3) is 5.91 Å². The number of anilines is 1. The molecular weight excluding hydrogens is 478 g/mol. The van der Waals surface area contributed by atoms with Crippen molar-refractivity contribution in [3.05, 3.63) is 64.3 Å². The van der Waals surface area contributed by atoms with Crippen LogP contribution in [0.4, 0.5) is 5.69 Å². The number of hydrogen-bond acceptors (Lipinski definition) is 8. The number of carbonyl (C=O) groups is 1. The van der Waals surface area contributed by atoms with Crippen LogP contribution in [0.3, 0.4) is 0 Å². The van der Waals surface area contributed by atoms with Crippen LogP contribution in [0.1, 0.15) is 29.8 Å².